The van der Waals surface area contributed by atoms with E-state index in [1.165, 1.54) is 19.5 Å². The summed E-state index contributed by atoms with van der Waals surface area (Å²) in [6.45, 7) is 0.217. The molecule has 1 aromatic heterocycles. The van der Waals surface area contributed by atoms with Gasteiger partial charge in [0.1, 0.15) is 6.04 Å². The van der Waals surface area contributed by atoms with Crippen LogP contribution in [0.3, 0.4) is 0 Å². The summed E-state index contributed by atoms with van der Waals surface area (Å²) in [6.07, 6.45) is 2.73. The van der Waals surface area contributed by atoms with Gasteiger partial charge in [0.15, 0.2) is 0 Å². The van der Waals surface area contributed by atoms with Crippen molar-refractivity contribution in [2.45, 2.75) is 19.0 Å². The van der Waals surface area contributed by atoms with Crippen LogP contribution in [-0.2, 0) is 16.1 Å². The van der Waals surface area contributed by atoms with Crippen LogP contribution >= 0.6 is 0 Å². The summed E-state index contributed by atoms with van der Waals surface area (Å²) in [5.41, 5.74) is 5.63. The van der Waals surface area contributed by atoms with E-state index in [9.17, 15) is 9.59 Å². The van der Waals surface area contributed by atoms with E-state index in [1.807, 2.05) is 0 Å². The smallest absolute Gasteiger partial charge is 0.321 e. The molecule has 0 aliphatic carbocycles. The van der Waals surface area contributed by atoms with Crippen molar-refractivity contribution in [3.63, 3.8) is 0 Å². The summed E-state index contributed by atoms with van der Waals surface area (Å²) >= 11 is 0. The lowest BCUT2D eigenvalue weighted by atomic mass is 10.2. The van der Waals surface area contributed by atoms with Gasteiger partial charge in [-0.1, -0.05) is 0 Å². The fraction of sp³-hybridized carbons (Fsp3) is 0.400. The lowest BCUT2D eigenvalue weighted by Crippen LogP contribution is -2.39. The normalized spacial score (nSPS) is 11.8. The van der Waals surface area contributed by atoms with E-state index >= 15 is 0 Å². The van der Waals surface area contributed by atoms with Crippen molar-refractivity contribution in [1.82, 2.24) is 15.3 Å². The van der Waals surface area contributed by atoms with Crippen LogP contribution in [0.25, 0.3) is 0 Å². The minimum Gasteiger partial charge on any atom is -0.480 e. The third-order valence-electron chi connectivity index (χ3n) is 2.12. The van der Waals surface area contributed by atoms with Gasteiger partial charge in [-0.25, -0.2) is 9.97 Å². The predicted octanol–water partition coefficient (Wildman–Crippen LogP) is -1.10. The molecule has 1 heterocycles. The predicted molar refractivity (Wildman–Crippen MR) is 60.7 cm³/mol. The minimum absolute atomic E-state index is 0.217. The van der Waals surface area contributed by atoms with Crippen LogP contribution in [0.1, 0.15) is 12.0 Å². The Morgan fingerprint density at radius 2 is 2.11 bits per heavy atom. The molecule has 1 atom stereocenters. The van der Waals surface area contributed by atoms with Crippen molar-refractivity contribution in [3.05, 3.63) is 18.0 Å². The molecule has 8 heteroatoms. The number of primary amides is 1. The molecule has 1 amide bonds. The highest BCUT2D eigenvalue weighted by Crippen LogP contribution is 2.02. The fourth-order valence-electron chi connectivity index (χ4n) is 1.23. The quantitative estimate of drug-likeness (QED) is 0.563. The number of aromatic nitrogens is 2. The number of amides is 1. The monoisotopic (exact) mass is 254 g/mol. The molecular weight excluding hydrogens is 240 g/mol. The Bertz CT molecular complexity index is 420. The molecule has 0 spiro atoms. The number of aliphatic carboxylic acids is 1. The highest BCUT2D eigenvalue weighted by atomic mass is 16.5. The van der Waals surface area contributed by atoms with Gasteiger partial charge in [-0.3, -0.25) is 14.9 Å². The Labute approximate surface area is 103 Å². The van der Waals surface area contributed by atoms with Gasteiger partial charge in [-0.15, -0.1) is 0 Å². The summed E-state index contributed by atoms with van der Waals surface area (Å²) in [4.78, 5) is 29.3. The zero-order valence-corrected chi connectivity index (χ0v) is 9.79. The van der Waals surface area contributed by atoms with E-state index in [0.717, 1.165) is 0 Å². The Morgan fingerprint density at radius 3 is 2.56 bits per heavy atom. The molecule has 0 saturated carbocycles. The van der Waals surface area contributed by atoms with Gasteiger partial charge in [0.05, 0.1) is 13.5 Å². The number of carbonyl (C=O) groups is 2. The maximum absolute atomic E-state index is 10.8. The summed E-state index contributed by atoms with van der Waals surface area (Å²) in [5, 5.41) is 11.5. The number of carbonyl (C=O) groups excluding carboxylic acids is 1. The van der Waals surface area contributed by atoms with E-state index in [2.05, 4.69) is 15.3 Å². The van der Waals surface area contributed by atoms with Crippen molar-refractivity contribution >= 4 is 11.9 Å². The number of nitrogens with two attached hydrogens (primary N) is 1. The Morgan fingerprint density at radius 1 is 1.50 bits per heavy atom. The zero-order valence-electron chi connectivity index (χ0n) is 9.79. The third-order valence-corrected chi connectivity index (χ3v) is 2.12. The van der Waals surface area contributed by atoms with Gasteiger partial charge < -0.3 is 15.6 Å². The number of rotatable bonds is 7. The summed E-state index contributed by atoms with van der Waals surface area (Å²) in [5.74, 6) is -1.82. The molecular formula is C10H14N4O4. The van der Waals surface area contributed by atoms with E-state index in [4.69, 9.17) is 15.6 Å². The highest BCUT2D eigenvalue weighted by Gasteiger charge is 2.19. The molecule has 0 radical (unpaired) electrons. The molecule has 98 valence electrons. The minimum atomic E-state index is -1.14. The number of carboxylic acid groups (broad SMARTS) is 1. The van der Waals surface area contributed by atoms with Crippen LogP contribution in [-0.4, -0.2) is 40.1 Å². The molecule has 8 nitrogen and oxygen atoms in total. The van der Waals surface area contributed by atoms with Crippen molar-refractivity contribution in [2.24, 2.45) is 5.73 Å². The average Bonchev–Trinajstić information content (AvgIpc) is 2.34. The molecule has 0 saturated heterocycles. The van der Waals surface area contributed by atoms with Crippen LogP contribution < -0.4 is 15.8 Å². The summed E-state index contributed by atoms with van der Waals surface area (Å²) in [6, 6.07) is -0.796. The lowest BCUT2D eigenvalue weighted by Gasteiger charge is -2.12. The van der Waals surface area contributed by atoms with Crippen molar-refractivity contribution in [3.8, 4) is 6.01 Å². The van der Waals surface area contributed by atoms with Crippen LogP contribution in [0.5, 0.6) is 6.01 Å². The Kier molecular flexibility index (Phi) is 5.00. The second kappa shape index (κ2) is 6.50. The van der Waals surface area contributed by atoms with Gasteiger partial charge in [0.25, 0.3) is 0 Å². The number of hydrogen-bond acceptors (Lipinski definition) is 6. The number of hydrogen-bond donors (Lipinski definition) is 3. The standard InChI is InChI=1S/C10H14N4O4/c1-18-10-13-4-6(5-14-10)3-12-7(9(16)17)2-8(11)15/h4-5,7,12H,2-3H2,1H3,(H2,11,15)(H,16,17). The van der Waals surface area contributed by atoms with Crippen LogP contribution in [0, 0.1) is 0 Å². The van der Waals surface area contributed by atoms with Gasteiger partial charge in [0.2, 0.25) is 5.91 Å². The van der Waals surface area contributed by atoms with Gasteiger partial charge in [0, 0.05) is 24.5 Å². The van der Waals surface area contributed by atoms with Crippen molar-refractivity contribution in [1.29, 1.82) is 0 Å². The Hall–Kier alpha value is -2.22. The van der Waals surface area contributed by atoms with Gasteiger partial charge >= 0.3 is 12.0 Å². The third kappa shape index (κ3) is 4.34. The molecule has 1 rings (SSSR count). The molecule has 0 aliphatic rings. The largest absolute Gasteiger partial charge is 0.480 e. The van der Waals surface area contributed by atoms with Crippen molar-refractivity contribution < 1.29 is 19.4 Å². The molecule has 0 fully saturated rings. The molecule has 0 aromatic carbocycles. The van der Waals surface area contributed by atoms with Crippen LogP contribution in [0.4, 0.5) is 0 Å². The van der Waals surface area contributed by atoms with E-state index < -0.39 is 17.9 Å². The molecule has 0 aliphatic heterocycles. The SMILES string of the molecule is COc1ncc(CNC(CC(N)=O)C(=O)O)cn1. The molecule has 4 N–H and O–H groups in total. The van der Waals surface area contributed by atoms with E-state index in [1.54, 1.807) is 0 Å². The lowest BCUT2D eigenvalue weighted by molar-refractivity contribution is -0.141. The second-order valence-corrected chi connectivity index (χ2v) is 3.52. The van der Waals surface area contributed by atoms with Crippen LogP contribution in [0.2, 0.25) is 0 Å². The van der Waals surface area contributed by atoms with E-state index in [-0.39, 0.29) is 19.0 Å². The number of carboxylic acids is 1. The zero-order chi connectivity index (χ0) is 13.5. The van der Waals surface area contributed by atoms with Gasteiger partial charge in [-0.05, 0) is 0 Å². The fourth-order valence-corrected chi connectivity index (χ4v) is 1.23. The second-order valence-electron chi connectivity index (χ2n) is 3.52. The van der Waals surface area contributed by atoms with Gasteiger partial charge in [-0.2, -0.15) is 0 Å². The maximum atomic E-state index is 10.8. The highest BCUT2D eigenvalue weighted by molar-refractivity contribution is 5.83. The molecule has 1 aromatic rings. The topological polar surface area (TPSA) is 127 Å². The first-order valence-corrected chi connectivity index (χ1v) is 5.12. The summed E-state index contributed by atoms with van der Waals surface area (Å²) < 4.78 is 4.79. The number of methoxy groups -OCH3 is 1. The number of ether oxygens (including phenoxy) is 1. The van der Waals surface area contributed by atoms with E-state index in [0.29, 0.717) is 5.56 Å². The first-order chi connectivity index (χ1) is 8.52. The first kappa shape index (κ1) is 13.8. The van der Waals surface area contributed by atoms with Crippen molar-refractivity contribution in [2.75, 3.05) is 7.11 Å². The first-order valence-electron chi connectivity index (χ1n) is 5.12. The number of nitrogens with one attached hydrogen (secondary N) is 1. The molecule has 18 heavy (non-hydrogen) atoms. The summed E-state index contributed by atoms with van der Waals surface area (Å²) in [7, 11) is 1.45. The van der Waals surface area contributed by atoms with Crippen LogP contribution in [0.15, 0.2) is 12.4 Å². The maximum Gasteiger partial charge on any atom is 0.321 e. The number of nitrogens with zero attached hydrogens (tertiary/aromatic N) is 2. The average molecular weight is 254 g/mol. The molecule has 1 unspecified atom stereocenters. The molecule has 0 bridgehead atoms. The Balaban J connectivity index is 2.55.